The minimum Gasteiger partial charge on any atom is -0.481 e. The average molecular weight is 355 g/mol. The first-order valence-electron chi connectivity index (χ1n) is 6.97. The molecular formula is C15H19BrN2O3. The van der Waals surface area contributed by atoms with Crippen LogP contribution in [0.4, 0.5) is 5.69 Å². The van der Waals surface area contributed by atoms with E-state index >= 15 is 0 Å². The van der Waals surface area contributed by atoms with Crippen molar-refractivity contribution in [1.82, 2.24) is 4.90 Å². The minimum absolute atomic E-state index is 0.126. The Kier molecular flexibility index (Phi) is 5.00. The van der Waals surface area contributed by atoms with E-state index in [1.807, 2.05) is 36.1 Å². The van der Waals surface area contributed by atoms with Crippen LogP contribution in [0.3, 0.4) is 0 Å². The van der Waals surface area contributed by atoms with Crippen LogP contribution in [0.2, 0.25) is 0 Å². The van der Waals surface area contributed by atoms with Crippen molar-refractivity contribution in [2.45, 2.75) is 19.8 Å². The lowest BCUT2D eigenvalue weighted by molar-refractivity contribution is -0.148. The Bertz CT molecular complexity index is 549. The highest BCUT2D eigenvalue weighted by Crippen LogP contribution is 2.34. The summed E-state index contributed by atoms with van der Waals surface area (Å²) in [5, 5.41) is 12.2. The number of carbonyl (C=O) groups excluding carboxylic acids is 1. The fraction of sp³-hybridized carbons (Fsp3) is 0.467. The molecule has 6 heteroatoms. The summed E-state index contributed by atoms with van der Waals surface area (Å²) in [6.45, 7) is 3.18. The predicted octanol–water partition coefficient (Wildman–Crippen LogP) is 2.57. The van der Waals surface area contributed by atoms with Crippen LogP contribution in [0, 0.1) is 5.41 Å². The molecule has 1 fully saturated rings. The van der Waals surface area contributed by atoms with Crippen molar-refractivity contribution in [3.63, 3.8) is 0 Å². The molecule has 0 aromatic heterocycles. The molecule has 21 heavy (non-hydrogen) atoms. The van der Waals surface area contributed by atoms with Gasteiger partial charge in [-0.1, -0.05) is 19.1 Å². The van der Waals surface area contributed by atoms with Crippen molar-refractivity contribution >= 4 is 33.5 Å². The third kappa shape index (κ3) is 3.63. The second-order valence-electron chi connectivity index (χ2n) is 5.43. The van der Waals surface area contributed by atoms with Gasteiger partial charge in [0.15, 0.2) is 0 Å². The molecule has 0 saturated carbocycles. The van der Waals surface area contributed by atoms with Gasteiger partial charge in [-0.25, -0.2) is 0 Å². The fourth-order valence-corrected chi connectivity index (χ4v) is 3.05. The minimum atomic E-state index is -0.765. The summed E-state index contributed by atoms with van der Waals surface area (Å²) in [7, 11) is 0. The van der Waals surface area contributed by atoms with Gasteiger partial charge >= 0.3 is 5.97 Å². The molecule has 1 aliphatic heterocycles. The van der Waals surface area contributed by atoms with Crippen molar-refractivity contribution in [1.29, 1.82) is 0 Å². The van der Waals surface area contributed by atoms with E-state index in [9.17, 15) is 14.7 Å². The summed E-state index contributed by atoms with van der Waals surface area (Å²) in [6, 6.07) is 7.41. The first kappa shape index (κ1) is 16.0. The van der Waals surface area contributed by atoms with Crippen molar-refractivity contribution in [2.75, 3.05) is 25.0 Å². The maximum absolute atomic E-state index is 12.1. The maximum Gasteiger partial charge on any atom is 0.310 e. The monoisotopic (exact) mass is 354 g/mol. The van der Waals surface area contributed by atoms with Gasteiger partial charge in [0.05, 0.1) is 17.6 Å². The van der Waals surface area contributed by atoms with Crippen molar-refractivity contribution in [3.05, 3.63) is 28.7 Å². The number of amides is 1. The van der Waals surface area contributed by atoms with Crippen LogP contribution in [-0.2, 0) is 9.59 Å². The van der Waals surface area contributed by atoms with Gasteiger partial charge in [-0.3, -0.25) is 14.5 Å². The number of rotatable bonds is 5. The van der Waals surface area contributed by atoms with Crippen LogP contribution in [-0.4, -0.2) is 41.5 Å². The lowest BCUT2D eigenvalue weighted by Gasteiger charge is -2.22. The number of halogens is 1. The highest BCUT2D eigenvalue weighted by Gasteiger charge is 2.43. The summed E-state index contributed by atoms with van der Waals surface area (Å²) in [5.41, 5.74) is 0.0230. The van der Waals surface area contributed by atoms with Gasteiger partial charge in [-0.2, -0.15) is 0 Å². The molecule has 114 valence electrons. The summed E-state index contributed by atoms with van der Waals surface area (Å²) < 4.78 is 0.827. The molecule has 0 spiro atoms. The van der Waals surface area contributed by atoms with E-state index in [0.29, 0.717) is 25.9 Å². The zero-order chi connectivity index (χ0) is 15.5. The third-order valence-electron chi connectivity index (χ3n) is 4.08. The van der Waals surface area contributed by atoms with E-state index < -0.39 is 11.4 Å². The van der Waals surface area contributed by atoms with Crippen LogP contribution in [0.5, 0.6) is 0 Å². The molecule has 0 radical (unpaired) electrons. The van der Waals surface area contributed by atoms with Crippen LogP contribution in [0.25, 0.3) is 0 Å². The largest absolute Gasteiger partial charge is 0.481 e. The first-order valence-corrected chi connectivity index (χ1v) is 7.76. The Hall–Kier alpha value is -1.40. The summed E-state index contributed by atoms with van der Waals surface area (Å²) >= 11 is 3.38. The van der Waals surface area contributed by atoms with Gasteiger partial charge in [0.1, 0.15) is 0 Å². The van der Waals surface area contributed by atoms with E-state index in [1.165, 1.54) is 0 Å². The standard InChI is InChI=1S/C15H19BrN2O3/c1-2-15(14(20)21)7-8-18(10-15)9-13(19)17-12-6-4-3-5-11(12)16/h3-6H,2,7-10H2,1H3,(H,17,19)(H,20,21). The zero-order valence-corrected chi connectivity index (χ0v) is 13.5. The average Bonchev–Trinajstić information content (AvgIpc) is 2.86. The molecule has 0 aliphatic carbocycles. The Morgan fingerprint density at radius 2 is 2.14 bits per heavy atom. The van der Waals surface area contributed by atoms with Crippen LogP contribution in [0.1, 0.15) is 19.8 Å². The number of nitrogens with zero attached hydrogens (tertiary/aromatic N) is 1. The van der Waals surface area contributed by atoms with Gasteiger partial charge in [0.25, 0.3) is 0 Å². The number of carbonyl (C=O) groups is 2. The Morgan fingerprint density at radius 3 is 2.71 bits per heavy atom. The van der Waals surface area contributed by atoms with Gasteiger partial charge in [0, 0.05) is 11.0 Å². The molecule has 1 aromatic rings. The second kappa shape index (κ2) is 6.58. The molecular weight excluding hydrogens is 336 g/mol. The number of anilines is 1. The van der Waals surface area contributed by atoms with Gasteiger partial charge in [-0.05, 0) is 47.4 Å². The van der Waals surface area contributed by atoms with E-state index in [4.69, 9.17) is 0 Å². The molecule has 2 rings (SSSR count). The predicted molar refractivity (Wildman–Crippen MR) is 84.2 cm³/mol. The SMILES string of the molecule is CCC1(C(=O)O)CCN(CC(=O)Nc2ccccc2Br)C1. The van der Waals surface area contributed by atoms with Crippen molar-refractivity contribution in [2.24, 2.45) is 5.41 Å². The maximum atomic E-state index is 12.1. The van der Waals surface area contributed by atoms with E-state index in [1.54, 1.807) is 0 Å². The molecule has 0 bridgehead atoms. The zero-order valence-electron chi connectivity index (χ0n) is 11.9. The molecule has 1 atom stereocenters. The first-order chi connectivity index (χ1) is 9.97. The van der Waals surface area contributed by atoms with Crippen molar-refractivity contribution in [3.8, 4) is 0 Å². The second-order valence-corrected chi connectivity index (χ2v) is 6.28. The molecule has 2 N–H and O–H groups in total. The van der Waals surface area contributed by atoms with Crippen LogP contribution >= 0.6 is 15.9 Å². The number of hydrogen-bond acceptors (Lipinski definition) is 3. The smallest absolute Gasteiger partial charge is 0.310 e. The molecule has 1 unspecified atom stereocenters. The lowest BCUT2D eigenvalue weighted by Crippen LogP contribution is -2.37. The highest BCUT2D eigenvalue weighted by molar-refractivity contribution is 9.10. The fourth-order valence-electron chi connectivity index (χ4n) is 2.66. The van der Waals surface area contributed by atoms with Gasteiger partial charge in [-0.15, -0.1) is 0 Å². The number of nitrogens with one attached hydrogen (secondary N) is 1. The summed E-state index contributed by atoms with van der Waals surface area (Å²) in [4.78, 5) is 25.4. The Balaban J connectivity index is 1.93. The van der Waals surface area contributed by atoms with E-state index in [2.05, 4.69) is 21.2 Å². The van der Waals surface area contributed by atoms with Crippen molar-refractivity contribution < 1.29 is 14.7 Å². The Morgan fingerprint density at radius 1 is 1.43 bits per heavy atom. The van der Waals surface area contributed by atoms with Gasteiger partial charge in [0.2, 0.25) is 5.91 Å². The molecule has 1 saturated heterocycles. The molecule has 5 nitrogen and oxygen atoms in total. The third-order valence-corrected chi connectivity index (χ3v) is 4.77. The summed E-state index contributed by atoms with van der Waals surface area (Å²) in [6.07, 6.45) is 1.19. The number of carboxylic acids is 1. The molecule has 1 amide bonds. The number of likely N-dealkylation sites (tertiary alicyclic amines) is 1. The van der Waals surface area contributed by atoms with Gasteiger partial charge < -0.3 is 10.4 Å². The number of aliphatic carboxylic acids is 1. The number of benzene rings is 1. The lowest BCUT2D eigenvalue weighted by atomic mass is 9.84. The molecule has 1 aliphatic rings. The number of hydrogen-bond donors (Lipinski definition) is 2. The number of para-hydroxylation sites is 1. The highest BCUT2D eigenvalue weighted by atomic mass is 79.9. The summed E-state index contributed by atoms with van der Waals surface area (Å²) in [5.74, 6) is -0.891. The Labute approximate surface area is 132 Å². The molecule has 1 aromatic carbocycles. The van der Waals surface area contributed by atoms with E-state index in [-0.39, 0.29) is 12.5 Å². The normalized spacial score (nSPS) is 22.2. The topological polar surface area (TPSA) is 69.6 Å². The molecule has 1 heterocycles. The van der Waals surface area contributed by atoms with Crippen LogP contribution < -0.4 is 5.32 Å². The quantitative estimate of drug-likeness (QED) is 0.852. The van der Waals surface area contributed by atoms with Crippen LogP contribution in [0.15, 0.2) is 28.7 Å². The van der Waals surface area contributed by atoms with E-state index in [0.717, 1.165) is 10.2 Å². The number of carboxylic acid groups (broad SMARTS) is 1.